The fourth-order valence-electron chi connectivity index (χ4n) is 1.33. The average molecular weight is 207 g/mol. The van der Waals surface area contributed by atoms with Crippen molar-refractivity contribution in [3.05, 3.63) is 46.7 Å². The van der Waals surface area contributed by atoms with E-state index in [2.05, 4.69) is 18.9 Å². The third-order valence-electron chi connectivity index (χ3n) is 2.33. The smallest absolute Gasteiger partial charge is 0.0649 e. The van der Waals surface area contributed by atoms with Crippen LogP contribution < -0.4 is 0 Å². The molecular weight excluding hydrogens is 196 g/mol. The Morgan fingerprint density at radius 3 is 2.29 bits per heavy atom. The summed E-state index contributed by atoms with van der Waals surface area (Å²) in [6.45, 7) is 4.10. The van der Waals surface area contributed by atoms with Crippen molar-refractivity contribution in [2.45, 2.75) is 13.8 Å². The minimum atomic E-state index is 0.746. The lowest BCUT2D eigenvalue weighted by atomic mass is 10.3. The van der Waals surface area contributed by atoms with E-state index in [1.807, 2.05) is 35.1 Å². The molecular formula is C11H11ClN2. The van der Waals surface area contributed by atoms with Crippen molar-refractivity contribution < 1.29 is 0 Å². The number of rotatable bonds is 1. The van der Waals surface area contributed by atoms with E-state index in [0.717, 1.165) is 16.4 Å². The predicted octanol–water partition coefficient (Wildman–Crippen LogP) is 3.14. The molecule has 0 bridgehead atoms. The van der Waals surface area contributed by atoms with Crippen LogP contribution >= 0.6 is 11.6 Å². The van der Waals surface area contributed by atoms with Gasteiger partial charge in [0.1, 0.15) is 0 Å². The number of aromatic nitrogens is 2. The highest BCUT2D eigenvalue weighted by Gasteiger charge is 2.03. The molecule has 0 aliphatic heterocycles. The van der Waals surface area contributed by atoms with E-state index >= 15 is 0 Å². The summed E-state index contributed by atoms with van der Waals surface area (Å²) in [7, 11) is 0. The lowest BCUT2D eigenvalue weighted by Gasteiger charge is -2.04. The summed E-state index contributed by atoms with van der Waals surface area (Å²) in [6, 6.07) is 7.66. The molecule has 1 aromatic heterocycles. The second-order valence-corrected chi connectivity index (χ2v) is 3.74. The number of halogens is 1. The molecule has 0 N–H and O–H groups in total. The first kappa shape index (κ1) is 9.28. The van der Waals surface area contributed by atoms with Crippen LogP contribution in [0.15, 0.2) is 30.5 Å². The van der Waals surface area contributed by atoms with E-state index in [4.69, 9.17) is 11.6 Å². The van der Waals surface area contributed by atoms with Crippen LogP contribution in [0.1, 0.15) is 11.3 Å². The Kier molecular flexibility index (Phi) is 2.30. The number of hydrogen-bond donors (Lipinski definition) is 0. The van der Waals surface area contributed by atoms with Crippen LogP contribution in [0.3, 0.4) is 0 Å². The number of aryl methyl sites for hydroxylation is 1. The van der Waals surface area contributed by atoms with E-state index in [9.17, 15) is 0 Å². The highest BCUT2D eigenvalue weighted by Crippen LogP contribution is 2.15. The molecule has 0 saturated heterocycles. The van der Waals surface area contributed by atoms with Gasteiger partial charge in [0.15, 0.2) is 0 Å². The molecule has 0 aliphatic carbocycles. The molecule has 0 saturated carbocycles. The third kappa shape index (κ3) is 1.53. The monoisotopic (exact) mass is 206 g/mol. The van der Waals surface area contributed by atoms with Gasteiger partial charge in [-0.2, -0.15) is 5.10 Å². The highest BCUT2D eigenvalue weighted by molar-refractivity contribution is 6.30. The Hall–Kier alpha value is -1.28. The van der Waals surface area contributed by atoms with Gasteiger partial charge in [-0.3, -0.25) is 0 Å². The number of benzene rings is 1. The van der Waals surface area contributed by atoms with Gasteiger partial charge >= 0.3 is 0 Å². The Bertz CT molecular complexity index is 443. The standard InChI is InChI=1S/C11H11ClN2/c1-8-7-13-14(9(8)2)11-5-3-10(12)4-6-11/h3-7H,1-2H3. The summed E-state index contributed by atoms with van der Waals surface area (Å²) in [5, 5.41) is 5.03. The maximum absolute atomic E-state index is 5.81. The molecule has 14 heavy (non-hydrogen) atoms. The third-order valence-corrected chi connectivity index (χ3v) is 2.58. The van der Waals surface area contributed by atoms with Gasteiger partial charge in [-0.05, 0) is 43.7 Å². The van der Waals surface area contributed by atoms with Gasteiger partial charge in [0.25, 0.3) is 0 Å². The molecule has 2 aromatic rings. The normalized spacial score (nSPS) is 10.5. The maximum atomic E-state index is 5.81. The summed E-state index contributed by atoms with van der Waals surface area (Å²) < 4.78 is 1.91. The Morgan fingerprint density at radius 2 is 1.79 bits per heavy atom. The first-order valence-electron chi connectivity index (χ1n) is 4.45. The van der Waals surface area contributed by atoms with E-state index in [-0.39, 0.29) is 0 Å². The molecule has 0 amide bonds. The van der Waals surface area contributed by atoms with Crippen LogP contribution in [-0.2, 0) is 0 Å². The molecule has 1 heterocycles. The first-order chi connectivity index (χ1) is 6.68. The minimum Gasteiger partial charge on any atom is -0.238 e. The topological polar surface area (TPSA) is 17.8 Å². The Balaban J connectivity index is 2.49. The van der Waals surface area contributed by atoms with Gasteiger partial charge in [-0.25, -0.2) is 4.68 Å². The minimum absolute atomic E-state index is 0.746. The molecule has 0 unspecified atom stereocenters. The largest absolute Gasteiger partial charge is 0.238 e. The molecule has 2 rings (SSSR count). The molecule has 2 nitrogen and oxygen atoms in total. The summed E-state index contributed by atoms with van der Waals surface area (Å²) >= 11 is 5.81. The summed E-state index contributed by atoms with van der Waals surface area (Å²) in [5.74, 6) is 0. The zero-order valence-corrected chi connectivity index (χ0v) is 8.92. The van der Waals surface area contributed by atoms with Crippen LogP contribution in [-0.4, -0.2) is 9.78 Å². The molecule has 3 heteroatoms. The average Bonchev–Trinajstić information content (AvgIpc) is 2.50. The van der Waals surface area contributed by atoms with Gasteiger partial charge in [-0.15, -0.1) is 0 Å². The van der Waals surface area contributed by atoms with E-state index in [1.165, 1.54) is 5.56 Å². The molecule has 72 valence electrons. The summed E-state index contributed by atoms with van der Waals surface area (Å²) in [4.78, 5) is 0. The van der Waals surface area contributed by atoms with Crippen molar-refractivity contribution in [2.75, 3.05) is 0 Å². The van der Waals surface area contributed by atoms with Gasteiger partial charge < -0.3 is 0 Å². The second-order valence-electron chi connectivity index (χ2n) is 3.30. The van der Waals surface area contributed by atoms with Gasteiger partial charge in [-0.1, -0.05) is 11.6 Å². The van der Waals surface area contributed by atoms with Gasteiger partial charge in [0.05, 0.1) is 11.9 Å². The van der Waals surface area contributed by atoms with Crippen molar-refractivity contribution >= 4 is 11.6 Å². The Labute approximate surface area is 88.1 Å². The quantitative estimate of drug-likeness (QED) is 0.701. The fourth-order valence-corrected chi connectivity index (χ4v) is 1.46. The summed E-state index contributed by atoms with van der Waals surface area (Å²) in [6.07, 6.45) is 1.87. The van der Waals surface area contributed by atoms with Gasteiger partial charge in [0.2, 0.25) is 0 Å². The van der Waals surface area contributed by atoms with Crippen molar-refractivity contribution in [1.29, 1.82) is 0 Å². The molecule has 0 radical (unpaired) electrons. The molecule has 0 aliphatic rings. The zero-order chi connectivity index (χ0) is 10.1. The fraction of sp³-hybridized carbons (Fsp3) is 0.182. The molecule has 0 spiro atoms. The van der Waals surface area contributed by atoms with Crippen molar-refractivity contribution in [3.63, 3.8) is 0 Å². The second kappa shape index (κ2) is 3.46. The van der Waals surface area contributed by atoms with Crippen molar-refractivity contribution in [3.8, 4) is 5.69 Å². The predicted molar refractivity (Wildman–Crippen MR) is 58.0 cm³/mol. The van der Waals surface area contributed by atoms with E-state index in [0.29, 0.717) is 0 Å². The first-order valence-corrected chi connectivity index (χ1v) is 4.83. The zero-order valence-electron chi connectivity index (χ0n) is 8.16. The van der Waals surface area contributed by atoms with Crippen molar-refractivity contribution in [1.82, 2.24) is 9.78 Å². The van der Waals surface area contributed by atoms with E-state index < -0.39 is 0 Å². The van der Waals surface area contributed by atoms with Crippen LogP contribution in [0, 0.1) is 13.8 Å². The van der Waals surface area contributed by atoms with Crippen LogP contribution in [0.25, 0.3) is 5.69 Å². The van der Waals surface area contributed by atoms with Crippen molar-refractivity contribution in [2.24, 2.45) is 0 Å². The number of hydrogen-bond acceptors (Lipinski definition) is 1. The molecule has 1 aromatic carbocycles. The highest BCUT2D eigenvalue weighted by atomic mass is 35.5. The van der Waals surface area contributed by atoms with Crippen LogP contribution in [0.4, 0.5) is 0 Å². The van der Waals surface area contributed by atoms with Crippen LogP contribution in [0.5, 0.6) is 0 Å². The van der Waals surface area contributed by atoms with Gasteiger partial charge in [0, 0.05) is 10.7 Å². The lowest BCUT2D eigenvalue weighted by molar-refractivity contribution is 0.846. The summed E-state index contributed by atoms with van der Waals surface area (Å²) in [5.41, 5.74) is 3.40. The lowest BCUT2D eigenvalue weighted by Crippen LogP contribution is -1.98. The maximum Gasteiger partial charge on any atom is 0.0649 e. The molecule has 0 fully saturated rings. The molecule has 0 atom stereocenters. The SMILES string of the molecule is Cc1cnn(-c2ccc(Cl)cc2)c1C. The number of nitrogens with zero attached hydrogens (tertiary/aromatic N) is 2. The Morgan fingerprint density at radius 1 is 1.14 bits per heavy atom. The van der Waals surface area contributed by atoms with E-state index in [1.54, 1.807) is 0 Å². The van der Waals surface area contributed by atoms with Crippen LogP contribution in [0.2, 0.25) is 5.02 Å².